The van der Waals surface area contributed by atoms with Crippen LogP contribution >= 0.6 is 11.3 Å². The van der Waals surface area contributed by atoms with Crippen LogP contribution in [0, 0.1) is 0 Å². The molecule has 0 bridgehead atoms. The van der Waals surface area contributed by atoms with Gasteiger partial charge in [-0.15, -0.1) is 11.3 Å². The van der Waals surface area contributed by atoms with E-state index in [0.717, 1.165) is 0 Å². The minimum atomic E-state index is -1.01. The lowest BCUT2D eigenvalue weighted by Gasteiger charge is -2.12. The SMILES string of the molecule is CC(C)c1ccc(C(O)c2sccc2C(=O)O)cc1. The Labute approximate surface area is 116 Å². The van der Waals surface area contributed by atoms with Crippen LogP contribution in [0.4, 0.5) is 0 Å². The summed E-state index contributed by atoms with van der Waals surface area (Å²) < 4.78 is 0. The highest BCUT2D eigenvalue weighted by Gasteiger charge is 2.20. The summed E-state index contributed by atoms with van der Waals surface area (Å²) in [5.74, 6) is -0.573. The fourth-order valence-corrected chi connectivity index (χ4v) is 2.82. The van der Waals surface area contributed by atoms with Gasteiger partial charge in [-0.2, -0.15) is 0 Å². The molecule has 0 amide bonds. The second kappa shape index (κ2) is 5.55. The molecule has 1 aromatic heterocycles. The fraction of sp³-hybridized carbons (Fsp3) is 0.267. The monoisotopic (exact) mass is 276 g/mol. The summed E-state index contributed by atoms with van der Waals surface area (Å²) in [6.07, 6.45) is -0.882. The maximum Gasteiger partial charge on any atom is 0.336 e. The number of rotatable bonds is 4. The number of aliphatic hydroxyl groups is 1. The van der Waals surface area contributed by atoms with Crippen LogP contribution in [0.5, 0.6) is 0 Å². The van der Waals surface area contributed by atoms with Crippen LogP contribution in [0.15, 0.2) is 35.7 Å². The number of thiophene rings is 1. The molecule has 1 atom stereocenters. The Morgan fingerprint density at radius 2 is 1.68 bits per heavy atom. The summed E-state index contributed by atoms with van der Waals surface area (Å²) in [5, 5.41) is 21.0. The van der Waals surface area contributed by atoms with E-state index < -0.39 is 12.1 Å². The third-order valence-electron chi connectivity index (χ3n) is 3.09. The summed E-state index contributed by atoms with van der Waals surface area (Å²) >= 11 is 1.26. The van der Waals surface area contributed by atoms with E-state index in [9.17, 15) is 9.90 Å². The molecule has 0 spiro atoms. The minimum Gasteiger partial charge on any atom is -0.478 e. The topological polar surface area (TPSA) is 57.5 Å². The van der Waals surface area contributed by atoms with Crippen LogP contribution in [0.3, 0.4) is 0 Å². The Bertz CT molecular complexity index is 569. The number of hydrogen-bond donors (Lipinski definition) is 2. The molecule has 19 heavy (non-hydrogen) atoms. The first-order valence-corrected chi connectivity index (χ1v) is 6.97. The van der Waals surface area contributed by atoms with Crippen molar-refractivity contribution in [3.63, 3.8) is 0 Å². The van der Waals surface area contributed by atoms with Gasteiger partial charge in [-0.3, -0.25) is 0 Å². The van der Waals surface area contributed by atoms with Crippen LogP contribution < -0.4 is 0 Å². The molecule has 4 heteroatoms. The number of aromatic carboxylic acids is 1. The lowest BCUT2D eigenvalue weighted by molar-refractivity contribution is 0.0692. The van der Waals surface area contributed by atoms with Crippen LogP contribution in [-0.4, -0.2) is 16.2 Å². The lowest BCUT2D eigenvalue weighted by atomic mass is 9.99. The zero-order chi connectivity index (χ0) is 14.0. The van der Waals surface area contributed by atoms with Crippen LogP contribution in [-0.2, 0) is 0 Å². The minimum absolute atomic E-state index is 0.172. The van der Waals surface area contributed by atoms with Crippen molar-refractivity contribution in [2.24, 2.45) is 0 Å². The van der Waals surface area contributed by atoms with E-state index in [1.807, 2.05) is 24.3 Å². The Morgan fingerprint density at radius 1 is 1.11 bits per heavy atom. The summed E-state index contributed by atoms with van der Waals surface area (Å²) in [7, 11) is 0. The molecule has 2 rings (SSSR count). The number of aliphatic hydroxyl groups excluding tert-OH is 1. The average molecular weight is 276 g/mol. The number of carboxylic acids is 1. The summed E-state index contributed by atoms with van der Waals surface area (Å²) in [5.41, 5.74) is 2.08. The third-order valence-corrected chi connectivity index (χ3v) is 4.06. The van der Waals surface area contributed by atoms with Crippen molar-refractivity contribution >= 4 is 17.3 Å². The molecule has 1 unspecified atom stereocenters. The van der Waals surface area contributed by atoms with E-state index >= 15 is 0 Å². The largest absolute Gasteiger partial charge is 0.478 e. The molecule has 0 saturated carbocycles. The molecule has 1 heterocycles. The van der Waals surface area contributed by atoms with Crippen LogP contribution in [0.2, 0.25) is 0 Å². The van der Waals surface area contributed by atoms with Crippen LogP contribution in [0.1, 0.15) is 52.2 Å². The van der Waals surface area contributed by atoms with Gasteiger partial charge in [0.15, 0.2) is 0 Å². The lowest BCUT2D eigenvalue weighted by Crippen LogP contribution is -2.05. The Morgan fingerprint density at radius 3 is 2.21 bits per heavy atom. The molecule has 1 aromatic carbocycles. The zero-order valence-electron chi connectivity index (χ0n) is 10.8. The number of carbonyl (C=O) groups is 1. The van der Waals surface area contributed by atoms with E-state index in [0.29, 0.717) is 16.4 Å². The van der Waals surface area contributed by atoms with Gasteiger partial charge in [-0.25, -0.2) is 4.79 Å². The quantitative estimate of drug-likeness (QED) is 0.896. The van der Waals surface area contributed by atoms with E-state index in [1.165, 1.54) is 23.0 Å². The predicted molar refractivity (Wildman–Crippen MR) is 75.9 cm³/mol. The molecule has 3 nitrogen and oxygen atoms in total. The van der Waals surface area contributed by atoms with Crippen molar-refractivity contribution in [2.45, 2.75) is 25.9 Å². The number of hydrogen-bond acceptors (Lipinski definition) is 3. The predicted octanol–water partition coefficient (Wildman–Crippen LogP) is 3.65. The molecule has 2 N–H and O–H groups in total. The molecule has 0 fully saturated rings. The Balaban J connectivity index is 2.30. The molecule has 2 aromatic rings. The van der Waals surface area contributed by atoms with Gasteiger partial charge in [0.25, 0.3) is 0 Å². The van der Waals surface area contributed by atoms with Gasteiger partial charge >= 0.3 is 5.97 Å². The van der Waals surface area contributed by atoms with Crippen molar-refractivity contribution in [2.75, 3.05) is 0 Å². The number of carboxylic acid groups (broad SMARTS) is 1. The van der Waals surface area contributed by atoms with Gasteiger partial charge in [0.05, 0.1) is 10.4 Å². The van der Waals surface area contributed by atoms with E-state index in [-0.39, 0.29) is 5.56 Å². The highest BCUT2D eigenvalue weighted by Crippen LogP contribution is 2.30. The van der Waals surface area contributed by atoms with E-state index in [4.69, 9.17) is 5.11 Å². The maximum atomic E-state index is 11.1. The Hall–Kier alpha value is -1.65. The Kier molecular flexibility index (Phi) is 4.02. The van der Waals surface area contributed by atoms with Crippen molar-refractivity contribution in [1.82, 2.24) is 0 Å². The van der Waals surface area contributed by atoms with Crippen LogP contribution in [0.25, 0.3) is 0 Å². The third kappa shape index (κ3) is 2.85. The van der Waals surface area contributed by atoms with Gasteiger partial charge in [0, 0.05) is 0 Å². The van der Waals surface area contributed by atoms with Gasteiger partial charge < -0.3 is 10.2 Å². The van der Waals surface area contributed by atoms with E-state index in [2.05, 4.69) is 13.8 Å². The zero-order valence-corrected chi connectivity index (χ0v) is 11.6. The molecule has 0 aliphatic carbocycles. The van der Waals surface area contributed by atoms with Crippen molar-refractivity contribution in [3.8, 4) is 0 Å². The van der Waals surface area contributed by atoms with Crippen molar-refractivity contribution in [3.05, 3.63) is 57.3 Å². The molecule has 0 radical (unpaired) electrons. The normalized spacial score (nSPS) is 12.6. The highest BCUT2D eigenvalue weighted by molar-refractivity contribution is 7.10. The van der Waals surface area contributed by atoms with Crippen molar-refractivity contribution < 1.29 is 15.0 Å². The molecular formula is C15H16O3S. The maximum absolute atomic E-state index is 11.1. The van der Waals surface area contributed by atoms with E-state index in [1.54, 1.807) is 5.38 Å². The standard InChI is InChI=1S/C15H16O3S/c1-9(2)10-3-5-11(6-4-10)13(16)14-12(15(17)18)7-8-19-14/h3-9,13,16H,1-2H3,(H,17,18). The van der Waals surface area contributed by atoms with Gasteiger partial charge in [-0.1, -0.05) is 38.1 Å². The summed E-state index contributed by atoms with van der Waals surface area (Å²) in [4.78, 5) is 11.5. The van der Waals surface area contributed by atoms with Gasteiger partial charge in [-0.05, 0) is 28.5 Å². The molecule has 0 saturated heterocycles. The second-order valence-corrected chi connectivity index (χ2v) is 5.68. The van der Waals surface area contributed by atoms with Crippen molar-refractivity contribution in [1.29, 1.82) is 0 Å². The highest BCUT2D eigenvalue weighted by atomic mass is 32.1. The summed E-state index contributed by atoms with van der Waals surface area (Å²) in [6.45, 7) is 4.21. The first kappa shape index (κ1) is 13.8. The first-order valence-electron chi connectivity index (χ1n) is 6.09. The second-order valence-electron chi connectivity index (χ2n) is 4.73. The van der Waals surface area contributed by atoms with Gasteiger partial charge in [0.1, 0.15) is 6.10 Å². The fourth-order valence-electron chi connectivity index (χ4n) is 1.92. The first-order chi connectivity index (χ1) is 9.00. The molecule has 100 valence electrons. The average Bonchev–Trinajstić information content (AvgIpc) is 2.87. The molecular weight excluding hydrogens is 260 g/mol. The molecule has 0 aliphatic heterocycles. The number of benzene rings is 1. The molecule has 0 aliphatic rings. The smallest absolute Gasteiger partial charge is 0.336 e. The van der Waals surface area contributed by atoms with Gasteiger partial charge in [0.2, 0.25) is 0 Å². The summed E-state index contributed by atoms with van der Waals surface area (Å²) in [6, 6.07) is 9.17.